The number of aromatic amines is 1. The summed E-state index contributed by atoms with van der Waals surface area (Å²) < 4.78 is 0. The SMILES string of the molecule is Nc1cc([C@H]2C[C@@H](NC(=O)Cc3ccccc3)C2)n[nH]1. The first-order valence-corrected chi connectivity index (χ1v) is 6.85. The van der Waals surface area contributed by atoms with Crippen LogP contribution >= 0.6 is 0 Å². The third-order valence-electron chi connectivity index (χ3n) is 3.75. The summed E-state index contributed by atoms with van der Waals surface area (Å²) in [5.41, 5.74) is 7.65. The van der Waals surface area contributed by atoms with Gasteiger partial charge in [-0.1, -0.05) is 30.3 Å². The number of nitrogens with two attached hydrogens (primary N) is 1. The number of aromatic nitrogens is 2. The zero-order valence-corrected chi connectivity index (χ0v) is 11.2. The lowest BCUT2D eigenvalue weighted by Crippen LogP contribution is -2.44. The van der Waals surface area contributed by atoms with E-state index in [9.17, 15) is 4.79 Å². The standard InChI is InChI=1S/C15H18N4O/c16-14-9-13(18-19-14)11-7-12(8-11)17-15(20)6-10-4-2-1-3-5-10/h1-5,9,11-12H,6-8H2,(H,17,20)(H3,16,18,19)/t11-,12+. The van der Waals surface area contributed by atoms with Crippen molar-refractivity contribution in [2.75, 3.05) is 5.73 Å². The molecule has 104 valence electrons. The van der Waals surface area contributed by atoms with E-state index in [1.54, 1.807) is 0 Å². The summed E-state index contributed by atoms with van der Waals surface area (Å²) >= 11 is 0. The van der Waals surface area contributed by atoms with E-state index in [1.165, 1.54) is 0 Å². The Labute approximate surface area is 117 Å². The Morgan fingerprint density at radius 1 is 1.35 bits per heavy atom. The van der Waals surface area contributed by atoms with Gasteiger partial charge in [-0.15, -0.1) is 0 Å². The number of nitrogens with zero attached hydrogens (tertiary/aromatic N) is 1. The van der Waals surface area contributed by atoms with Crippen molar-refractivity contribution in [2.45, 2.75) is 31.2 Å². The summed E-state index contributed by atoms with van der Waals surface area (Å²) in [5, 5.41) is 9.97. The van der Waals surface area contributed by atoms with Crippen LogP contribution in [0.15, 0.2) is 36.4 Å². The second-order valence-corrected chi connectivity index (χ2v) is 5.34. The van der Waals surface area contributed by atoms with Gasteiger partial charge in [0.25, 0.3) is 0 Å². The second-order valence-electron chi connectivity index (χ2n) is 5.34. The van der Waals surface area contributed by atoms with Gasteiger partial charge in [-0.05, 0) is 18.4 Å². The van der Waals surface area contributed by atoms with Crippen LogP contribution in [0.4, 0.5) is 5.82 Å². The molecule has 1 aromatic heterocycles. The van der Waals surface area contributed by atoms with Crippen LogP contribution < -0.4 is 11.1 Å². The second kappa shape index (κ2) is 5.36. The van der Waals surface area contributed by atoms with E-state index < -0.39 is 0 Å². The third-order valence-corrected chi connectivity index (χ3v) is 3.75. The molecule has 5 heteroatoms. The number of hydrogen-bond acceptors (Lipinski definition) is 3. The summed E-state index contributed by atoms with van der Waals surface area (Å²) in [6.45, 7) is 0. The molecular weight excluding hydrogens is 252 g/mol. The lowest BCUT2D eigenvalue weighted by atomic mass is 9.78. The van der Waals surface area contributed by atoms with E-state index in [4.69, 9.17) is 5.73 Å². The fraction of sp³-hybridized carbons (Fsp3) is 0.333. The van der Waals surface area contributed by atoms with Crippen LogP contribution in [-0.4, -0.2) is 22.1 Å². The Morgan fingerprint density at radius 2 is 2.10 bits per heavy atom. The number of nitrogens with one attached hydrogen (secondary N) is 2. The maximum atomic E-state index is 11.9. The van der Waals surface area contributed by atoms with Gasteiger partial charge < -0.3 is 11.1 Å². The predicted octanol–water partition coefficient (Wildman–Crippen LogP) is 1.60. The highest BCUT2D eigenvalue weighted by Crippen LogP contribution is 2.36. The molecule has 0 saturated heterocycles. The van der Waals surface area contributed by atoms with Crippen LogP contribution in [0.1, 0.15) is 30.0 Å². The first-order valence-electron chi connectivity index (χ1n) is 6.85. The monoisotopic (exact) mass is 270 g/mol. The molecule has 1 saturated carbocycles. The fourth-order valence-corrected chi connectivity index (χ4v) is 2.60. The summed E-state index contributed by atoms with van der Waals surface area (Å²) in [6.07, 6.45) is 2.31. The van der Waals surface area contributed by atoms with Crippen molar-refractivity contribution in [2.24, 2.45) is 0 Å². The quantitative estimate of drug-likeness (QED) is 0.789. The molecule has 3 rings (SSSR count). The van der Waals surface area contributed by atoms with E-state index in [0.717, 1.165) is 24.1 Å². The minimum atomic E-state index is 0.0844. The number of benzene rings is 1. The normalized spacial score (nSPS) is 21.2. The Bertz CT molecular complexity index is 587. The van der Waals surface area contributed by atoms with Gasteiger partial charge >= 0.3 is 0 Å². The minimum absolute atomic E-state index is 0.0844. The third kappa shape index (κ3) is 2.82. The zero-order chi connectivity index (χ0) is 13.9. The average Bonchev–Trinajstić information content (AvgIpc) is 2.81. The van der Waals surface area contributed by atoms with Crippen LogP contribution in [0.3, 0.4) is 0 Å². The Kier molecular flexibility index (Phi) is 3.41. The van der Waals surface area contributed by atoms with Crippen molar-refractivity contribution in [3.8, 4) is 0 Å². The molecule has 0 unspecified atom stereocenters. The van der Waals surface area contributed by atoms with E-state index in [0.29, 0.717) is 18.2 Å². The molecule has 0 spiro atoms. The zero-order valence-electron chi connectivity index (χ0n) is 11.2. The highest BCUT2D eigenvalue weighted by atomic mass is 16.1. The summed E-state index contributed by atoms with van der Waals surface area (Å²) in [5.74, 6) is 1.09. The van der Waals surface area contributed by atoms with Gasteiger partial charge in [0, 0.05) is 18.0 Å². The molecule has 1 aliphatic rings. The van der Waals surface area contributed by atoms with Gasteiger partial charge in [-0.3, -0.25) is 9.89 Å². The number of H-pyrrole nitrogens is 1. The number of amides is 1. The smallest absolute Gasteiger partial charge is 0.224 e. The molecule has 1 aliphatic carbocycles. The molecule has 1 heterocycles. The molecule has 2 aromatic rings. The Balaban J connectivity index is 1.46. The minimum Gasteiger partial charge on any atom is -0.384 e. The van der Waals surface area contributed by atoms with Crippen LogP contribution in [0.5, 0.6) is 0 Å². The first kappa shape index (κ1) is 12.7. The van der Waals surface area contributed by atoms with Crippen molar-refractivity contribution in [1.29, 1.82) is 0 Å². The average molecular weight is 270 g/mol. The summed E-state index contributed by atoms with van der Waals surface area (Å²) in [4.78, 5) is 11.9. The number of rotatable bonds is 4. The van der Waals surface area contributed by atoms with Crippen LogP contribution in [0, 0.1) is 0 Å². The van der Waals surface area contributed by atoms with Gasteiger partial charge in [0.05, 0.1) is 12.1 Å². The molecule has 0 radical (unpaired) electrons. The summed E-state index contributed by atoms with van der Waals surface area (Å²) in [6, 6.07) is 11.9. The number of nitrogen functional groups attached to an aromatic ring is 1. The molecule has 4 N–H and O–H groups in total. The van der Waals surface area contributed by atoms with Gasteiger partial charge in [0.15, 0.2) is 0 Å². The van der Waals surface area contributed by atoms with Crippen LogP contribution in [0.25, 0.3) is 0 Å². The molecule has 1 aromatic carbocycles. The van der Waals surface area contributed by atoms with Gasteiger partial charge in [-0.25, -0.2) is 0 Å². The van der Waals surface area contributed by atoms with Crippen molar-refractivity contribution >= 4 is 11.7 Å². The molecule has 1 amide bonds. The Hall–Kier alpha value is -2.30. The van der Waals surface area contributed by atoms with Crippen LogP contribution in [0.2, 0.25) is 0 Å². The van der Waals surface area contributed by atoms with E-state index in [1.807, 2.05) is 36.4 Å². The highest BCUT2D eigenvalue weighted by Gasteiger charge is 2.32. The van der Waals surface area contributed by atoms with Crippen molar-refractivity contribution in [3.63, 3.8) is 0 Å². The first-order chi connectivity index (χ1) is 9.70. The van der Waals surface area contributed by atoms with Crippen LogP contribution in [-0.2, 0) is 11.2 Å². The van der Waals surface area contributed by atoms with Crippen molar-refractivity contribution in [1.82, 2.24) is 15.5 Å². The number of anilines is 1. The number of hydrogen-bond donors (Lipinski definition) is 3. The molecule has 5 nitrogen and oxygen atoms in total. The maximum absolute atomic E-state index is 11.9. The topological polar surface area (TPSA) is 83.8 Å². The molecule has 0 bridgehead atoms. The number of carbonyl (C=O) groups is 1. The van der Waals surface area contributed by atoms with E-state index in [2.05, 4.69) is 15.5 Å². The molecule has 0 aliphatic heterocycles. The van der Waals surface area contributed by atoms with Crippen molar-refractivity contribution < 1.29 is 4.79 Å². The van der Waals surface area contributed by atoms with E-state index >= 15 is 0 Å². The van der Waals surface area contributed by atoms with Gasteiger partial charge in [0.1, 0.15) is 5.82 Å². The predicted molar refractivity (Wildman–Crippen MR) is 77.1 cm³/mol. The van der Waals surface area contributed by atoms with E-state index in [-0.39, 0.29) is 11.9 Å². The molecular formula is C15H18N4O. The molecule has 0 atom stereocenters. The summed E-state index contributed by atoms with van der Waals surface area (Å²) in [7, 11) is 0. The molecule has 20 heavy (non-hydrogen) atoms. The number of carbonyl (C=O) groups excluding carboxylic acids is 1. The lowest BCUT2D eigenvalue weighted by molar-refractivity contribution is -0.121. The molecule has 1 fully saturated rings. The largest absolute Gasteiger partial charge is 0.384 e. The van der Waals surface area contributed by atoms with Gasteiger partial charge in [-0.2, -0.15) is 5.10 Å². The lowest BCUT2D eigenvalue weighted by Gasteiger charge is -2.34. The fourth-order valence-electron chi connectivity index (χ4n) is 2.60. The highest BCUT2D eigenvalue weighted by molar-refractivity contribution is 5.79. The maximum Gasteiger partial charge on any atom is 0.224 e. The Morgan fingerprint density at radius 3 is 2.75 bits per heavy atom. The van der Waals surface area contributed by atoms with Crippen molar-refractivity contribution in [3.05, 3.63) is 47.7 Å². The van der Waals surface area contributed by atoms with Gasteiger partial charge in [0.2, 0.25) is 5.91 Å².